The normalized spacial score (nSPS) is 11.1. The Labute approximate surface area is 130 Å². The summed E-state index contributed by atoms with van der Waals surface area (Å²) in [5, 5.41) is 6.03. The van der Waals surface area contributed by atoms with E-state index < -0.39 is 11.7 Å². The largest absolute Gasteiger partial charge is 0.444 e. The minimum Gasteiger partial charge on any atom is -0.444 e. The maximum Gasteiger partial charge on any atom is 0.412 e. The highest BCUT2D eigenvalue weighted by atomic mass is 16.6. The molecule has 0 saturated heterocycles. The van der Waals surface area contributed by atoms with E-state index >= 15 is 0 Å². The summed E-state index contributed by atoms with van der Waals surface area (Å²) in [5.41, 5.74) is 1.94. The quantitative estimate of drug-likeness (QED) is 0.805. The van der Waals surface area contributed by atoms with Crippen LogP contribution in [0, 0.1) is 6.92 Å². The Hall–Kier alpha value is -2.50. The molecule has 1 amide bonds. The number of imidazole rings is 1. The Kier molecular flexibility index (Phi) is 4.70. The lowest BCUT2D eigenvalue weighted by Crippen LogP contribution is -2.27. The maximum atomic E-state index is 11.9. The molecular weight excluding hydrogens is 280 g/mol. The molecule has 0 fully saturated rings. The molecule has 0 atom stereocenters. The molecule has 1 heterocycles. The van der Waals surface area contributed by atoms with Crippen LogP contribution in [-0.2, 0) is 11.3 Å². The van der Waals surface area contributed by atoms with Crippen LogP contribution in [0.5, 0.6) is 0 Å². The summed E-state index contributed by atoms with van der Waals surface area (Å²) in [5.74, 6) is 0.872. The molecule has 0 radical (unpaired) electrons. The second kappa shape index (κ2) is 6.51. The van der Waals surface area contributed by atoms with E-state index in [-0.39, 0.29) is 0 Å². The molecule has 0 bridgehead atoms. The summed E-state index contributed by atoms with van der Waals surface area (Å²) in [6, 6.07) is 7.49. The first-order valence-corrected chi connectivity index (χ1v) is 7.17. The summed E-state index contributed by atoms with van der Waals surface area (Å²) in [7, 11) is 0. The molecule has 0 saturated carbocycles. The predicted octanol–water partition coefficient (Wildman–Crippen LogP) is 3.68. The molecule has 22 heavy (non-hydrogen) atoms. The number of para-hydroxylation sites is 2. The van der Waals surface area contributed by atoms with Gasteiger partial charge < -0.3 is 15.0 Å². The number of carbonyl (C=O) groups is 1. The van der Waals surface area contributed by atoms with Crippen molar-refractivity contribution in [3.05, 3.63) is 42.0 Å². The Morgan fingerprint density at radius 3 is 2.55 bits per heavy atom. The highest BCUT2D eigenvalue weighted by Gasteiger charge is 2.17. The van der Waals surface area contributed by atoms with Crippen molar-refractivity contribution in [2.75, 3.05) is 10.6 Å². The third-order valence-corrected chi connectivity index (χ3v) is 2.79. The van der Waals surface area contributed by atoms with Gasteiger partial charge in [0, 0.05) is 0 Å². The van der Waals surface area contributed by atoms with Gasteiger partial charge in [0.15, 0.2) is 0 Å². The number of carbonyl (C=O) groups excluding carboxylic acids is 1. The molecule has 3 N–H and O–H groups in total. The van der Waals surface area contributed by atoms with Gasteiger partial charge in [0.1, 0.15) is 11.4 Å². The number of H-pyrrole nitrogens is 1. The van der Waals surface area contributed by atoms with Gasteiger partial charge in [-0.25, -0.2) is 9.78 Å². The standard InChI is InChI=1S/C16H22N4O2/c1-11-17-9-12(19-11)10-18-13-7-5-6-8-14(13)20-15(21)22-16(2,3)4/h5-9,18H,10H2,1-4H3,(H,17,19)(H,20,21). The maximum absolute atomic E-state index is 11.9. The minimum absolute atomic E-state index is 0.473. The van der Waals surface area contributed by atoms with E-state index in [4.69, 9.17) is 4.74 Å². The number of aryl methyl sites for hydroxylation is 1. The molecule has 0 aliphatic rings. The minimum atomic E-state index is -0.528. The number of amides is 1. The Balaban J connectivity index is 2.01. The molecule has 2 rings (SSSR count). The van der Waals surface area contributed by atoms with Gasteiger partial charge in [-0.2, -0.15) is 0 Å². The number of aromatic amines is 1. The molecule has 6 heteroatoms. The third-order valence-electron chi connectivity index (χ3n) is 2.79. The van der Waals surface area contributed by atoms with Gasteiger partial charge in [-0.15, -0.1) is 0 Å². The van der Waals surface area contributed by atoms with Crippen molar-refractivity contribution >= 4 is 17.5 Å². The van der Waals surface area contributed by atoms with Crippen LogP contribution in [0.25, 0.3) is 0 Å². The first kappa shape index (κ1) is 15.9. The van der Waals surface area contributed by atoms with E-state index in [0.717, 1.165) is 17.2 Å². The molecule has 0 spiro atoms. The molecule has 0 unspecified atom stereocenters. The summed E-state index contributed by atoms with van der Waals surface area (Å²) in [4.78, 5) is 19.2. The summed E-state index contributed by atoms with van der Waals surface area (Å²) >= 11 is 0. The average Bonchev–Trinajstić information content (AvgIpc) is 2.81. The van der Waals surface area contributed by atoms with E-state index in [2.05, 4.69) is 20.6 Å². The summed E-state index contributed by atoms with van der Waals surface area (Å²) < 4.78 is 5.27. The van der Waals surface area contributed by atoms with Crippen molar-refractivity contribution in [2.24, 2.45) is 0 Å². The zero-order chi connectivity index (χ0) is 16.2. The zero-order valence-electron chi connectivity index (χ0n) is 13.4. The lowest BCUT2D eigenvalue weighted by molar-refractivity contribution is 0.0636. The van der Waals surface area contributed by atoms with Crippen LogP contribution >= 0.6 is 0 Å². The number of rotatable bonds is 4. The Morgan fingerprint density at radius 2 is 1.95 bits per heavy atom. The van der Waals surface area contributed by atoms with Crippen molar-refractivity contribution in [2.45, 2.75) is 39.8 Å². The fraction of sp³-hybridized carbons (Fsp3) is 0.375. The Morgan fingerprint density at radius 1 is 1.27 bits per heavy atom. The van der Waals surface area contributed by atoms with Crippen LogP contribution in [0.15, 0.2) is 30.5 Å². The lowest BCUT2D eigenvalue weighted by atomic mass is 10.2. The number of benzene rings is 1. The second-order valence-electron chi connectivity index (χ2n) is 6.02. The van der Waals surface area contributed by atoms with Gasteiger partial charge in [0.05, 0.1) is 29.8 Å². The molecule has 6 nitrogen and oxygen atoms in total. The third kappa shape index (κ3) is 4.80. The fourth-order valence-electron chi connectivity index (χ4n) is 1.91. The monoisotopic (exact) mass is 302 g/mol. The number of anilines is 2. The molecular formula is C16H22N4O2. The van der Waals surface area contributed by atoms with Crippen LogP contribution in [-0.4, -0.2) is 21.7 Å². The van der Waals surface area contributed by atoms with Crippen molar-refractivity contribution in [1.29, 1.82) is 0 Å². The van der Waals surface area contributed by atoms with Crippen LogP contribution in [0.4, 0.5) is 16.2 Å². The van der Waals surface area contributed by atoms with E-state index in [1.54, 1.807) is 6.20 Å². The van der Waals surface area contributed by atoms with Gasteiger partial charge in [0.2, 0.25) is 0 Å². The number of nitrogens with one attached hydrogen (secondary N) is 3. The predicted molar refractivity (Wildman–Crippen MR) is 87.0 cm³/mol. The summed E-state index contributed by atoms with van der Waals surface area (Å²) in [6.07, 6.45) is 1.31. The molecule has 1 aromatic heterocycles. The van der Waals surface area contributed by atoms with Crippen molar-refractivity contribution in [1.82, 2.24) is 9.97 Å². The zero-order valence-corrected chi connectivity index (χ0v) is 13.4. The molecule has 1 aromatic carbocycles. The summed E-state index contributed by atoms with van der Waals surface area (Å²) in [6.45, 7) is 7.99. The van der Waals surface area contributed by atoms with E-state index in [1.165, 1.54) is 0 Å². The van der Waals surface area contributed by atoms with Crippen molar-refractivity contribution in [3.8, 4) is 0 Å². The highest BCUT2D eigenvalue weighted by molar-refractivity contribution is 5.89. The first-order valence-electron chi connectivity index (χ1n) is 7.17. The molecule has 0 aliphatic carbocycles. The fourth-order valence-corrected chi connectivity index (χ4v) is 1.91. The van der Waals surface area contributed by atoms with Crippen LogP contribution in [0.3, 0.4) is 0 Å². The van der Waals surface area contributed by atoms with Gasteiger partial charge in [0.25, 0.3) is 0 Å². The molecule has 0 aliphatic heterocycles. The molecule has 118 valence electrons. The first-order chi connectivity index (χ1) is 10.3. The molecule has 2 aromatic rings. The number of aromatic nitrogens is 2. The lowest BCUT2D eigenvalue weighted by Gasteiger charge is -2.20. The second-order valence-corrected chi connectivity index (χ2v) is 6.02. The van der Waals surface area contributed by atoms with E-state index in [1.807, 2.05) is 52.0 Å². The number of hydrogen-bond donors (Lipinski definition) is 3. The highest BCUT2D eigenvalue weighted by Crippen LogP contribution is 2.22. The van der Waals surface area contributed by atoms with Crippen LogP contribution in [0.2, 0.25) is 0 Å². The van der Waals surface area contributed by atoms with Gasteiger partial charge >= 0.3 is 6.09 Å². The van der Waals surface area contributed by atoms with Crippen molar-refractivity contribution < 1.29 is 9.53 Å². The van der Waals surface area contributed by atoms with E-state index in [0.29, 0.717) is 12.2 Å². The van der Waals surface area contributed by atoms with Gasteiger partial charge in [-0.1, -0.05) is 12.1 Å². The average molecular weight is 302 g/mol. The number of hydrogen-bond acceptors (Lipinski definition) is 4. The number of ether oxygens (including phenoxy) is 1. The topological polar surface area (TPSA) is 79.0 Å². The number of nitrogens with zero attached hydrogens (tertiary/aromatic N) is 1. The van der Waals surface area contributed by atoms with E-state index in [9.17, 15) is 4.79 Å². The van der Waals surface area contributed by atoms with Crippen LogP contribution in [0.1, 0.15) is 32.3 Å². The Bertz CT molecular complexity index is 644. The van der Waals surface area contributed by atoms with Crippen molar-refractivity contribution in [3.63, 3.8) is 0 Å². The van der Waals surface area contributed by atoms with Gasteiger partial charge in [-0.3, -0.25) is 5.32 Å². The smallest absolute Gasteiger partial charge is 0.412 e. The van der Waals surface area contributed by atoms with Gasteiger partial charge in [-0.05, 0) is 39.8 Å². The van der Waals surface area contributed by atoms with Crippen LogP contribution < -0.4 is 10.6 Å². The SMILES string of the molecule is Cc1ncc(CNc2ccccc2NC(=O)OC(C)(C)C)[nH]1.